The lowest BCUT2D eigenvalue weighted by atomic mass is 9.98. The molecule has 2 saturated heterocycles. The Balaban J connectivity index is 0.000000174. The van der Waals surface area contributed by atoms with E-state index in [1.54, 1.807) is 0 Å². The lowest BCUT2D eigenvalue weighted by Gasteiger charge is -2.37. The molecule has 2 aromatic heterocycles. The Hall–Kier alpha value is -4.53. The second kappa shape index (κ2) is 18.4. The summed E-state index contributed by atoms with van der Waals surface area (Å²) in [6.45, 7) is 16.3. The molecule has 0 radical (unpaired) electrons. The summed E-state index contributed by atoms with van der Waals surface area (Å²) in [5.74, 6) is 0.350. The number of nitrogens with zero attached hydrogens (tertiary/aromatic N) is 4. The standard InChI is InChI=1S/C24H28ClN3.C20H17ClN2O.C4H11N/c1-24(2,3)27-19-12-14-28(15-13-19)23-16-22(17-8-10-18(25)11-9-17)26-21-7-5-4-6-20(21)23;21-15-7-5-14(6-8-15)19-13-20(23-11-9-16(24)10-12-23)17-3-1-2-4-18(17)22-19;1-4(2,3)5/h4-11,16,19,27H,12-15H2,1-3H3;1-8,13H,9-12H2;5H2,1-3H3. The molecular weight excluding hydrogens is 747 g/mol. The molecule has 4 aromatic carbocycles. The first-order valence-electron chi connectivity index (χ1n) is 20.0. The average molecular weight is 804 g/mol. The summed E-state index contributed by atoms with van der Waals surface area (Å²) in [7, 11) is 0. The van der Waals surface area contributed by atoms with Gasteiger partial charge < -0.3 is 20.9 Å². The van der Waals surface area contributed by atoms with Gasteiger partial charge in [-0.1, -0.05) is 83.9 Å². The highest BCUT2D eigenvalue weighted by atomic mass is 35.5. The highest BCUT2D eigenvalue weighted by Crippen LogP contribution is 2.34. The summed E-state index contributed by atoms with van der Waals surface area (Å²) >= 11 is 12.1. The normalized spacial score (nSPS) is 15.2. The first kappa shape index (κ1) is 42.1. The zero-order valence-electron chi connectivity index (χ0n) is 34.2. The molecule has 9 heteroatoms. The van der Waals surface area contributed by atoms with Gasteiger partial charge in [0.2, 0.25) is 0 Å². The SMILES string of the molecule is CC(C)(C)N.CC(C)(C)NC1CCN(c2cc(-c3ccc(Cl)cc3)nc3ccccc23)CC1.O=C1CCN(c2cc(-c3ccc(Cl)cc3)nc3ccccc23)CC1. The minimum Gasteiger partial charge on any atom is -0.371 e. The number of ketones is 1. The number of anilines is 2. The van der Waals surface area contributed by atoms with E-state index in [9.17, 15) is 4.79 Å². The van der Waals surface area contributed by atoms with Crippen molar-refractivity contribution in [2.75, 3.05) is 36.0 Å². The van der Waals surface area contributed by atoms with E-state index < -0.39 is 0 Å². The smallest absolute Gasteiger partial charge is 0.136 e. The predicted octanol–water partition coefficient (Wildman–Crippen LogP) is 11.4. The number of aromatic nitrogens is 2. The van der Waals surface area contributed by atoms with Crippen LogP contribution in [0.15, 0.2) is 109 Å². The van der Waals surface area contributed by atoms with Crippen LogP contribution in [0.4, 0.5) is 11.4 Å². The monoisotopic (exact) mass is 802 g/mol. The predicted molar refractivity (Wildman–Crippen MR) is 243 cm³/mol. The van der Waals surface area contributed by atoms with Crippen molar-refractivity contribution in [2.45, 2.75) is 84.3 Å². The van der Waals surface area contributed by atoms with E-state index in [2.05, 4.69) is 78.4 Å². The molecule has 0 bridgehead atoms. The van der Waals surface area contributed by atoms with Crippen LogP contribution in [0.1, 0.15) is 67.2 Å². The number of pyridine rings is 2. The zero-order chi connectivity index (χ0) is 40.7. The minimum absolute atomic E-state index is 0. The minimum atomic E-state index is 0. The van der Waals surface area contributed by atoms with E-state index in [1.165, 1.54) is 11.1 Å². The van der Waals surface area contributed by atoms with Crippen LogP contribution in [-0.4, -0.2) is 59.0 Å². The van der Waals surface area contributed by atoms with Crippen molar-refractivity contribution >= 4 is 62.2 Å². The number of nitrogens with one attached hydrogen (secondary N) is 1. The first-order valence-corrected chi connectivity index (χ1v) is 20.7. The van der Waals surface area contributed by atoms with Crippen molar-refractivity contribution in [2.24, 2.45) is 5.73 Å². The zero-order valence-corrected chi connectivity index (χ0v) is 35.7. The molecule has 0 saturated carbocycles. The van der Waals surface area contributed by atoms with Gasteiger partial charge in [-0.25, -0.2) is 9.97 Å². The molecule has 2 aliphatic heterocycles. The van der Waals surface area contributed by atoms with Crippen molar-refractivity contribution in [1.29, 1.82) is 0 Å². The molecule has 3 N–H and O–H groups in total. The maximum absolute atomic E-state index is 11.6. The average Bonchev–Trinajstić information content (AvgIpc) is 3.17. The van der Waals surface area contributed by atoms with E-state index in [-0.39, 0.29) is 11.1 Å². The third-order valence-electron chi connectivity index (χ3n) is 9.80. The number of halogens is 2. The highest BCUT2D eigenvalue weighted by molar-refractivity contribution is 6.31. The maximum Gasteiger partial charge on any atom is 0.136 e. The summed E-state index contributed by atoms with van der Waals surface area (Å²) in [5.41, 5.74) is 14.0. The number of fused-ring (bicyclic) bond motifs is 2. The molecule has 0 atom stereocenters. The number of Topliss-reactive ketones (excluding diaryl/α,β-unsaturated/α-hetero) is 1. The number of carbonyl (C=O) groups excluding carboxylic acids is 1. The largest absolute Gasteiger partial charge is 0.371 e. The van der Waals surface area contributed by atoms with Crippen LogP contribution in [0.3, 0.4) is 0 Å². The molecule has 57 heavy (non-hydrogen) atoms. The van der Waals surface area contributed by atoms with Gasteiger partial charge in [-0.3, -0.25) is 4.79 Å². The van der Waals surface area contributed by atoms with Crippen LogP contribution in [0.5, 0.6) is 0 Å². The fraction of sp³-hybridized carbons (Fsp3) is 0.354. The van der Waals surface area contributed by atoms with Crippen molar-refractivity contribution in [1.82, 2.24) is 15.3 Å². The molecule has 7 nitrogen and oxygen atoms in total. The fourth-order valence-corrected chi connectivity index (χ4v) is 7.50. The molecule has 6 aromatic rings. The van der Waals surface area contributed by atoms with Crippen molar-refractivity contribution in [3.05, 3.63) is 119 Å². The van der Waals surface area contributed by atoms with Gasteiger partial charge in [-0.2, -0.15) is 0 Å². The molecule has 298 valence electrons. The molecule has 2 aliphatic rings. The summed E-state index contributed by atoms with van der Waals surface area (Å²) in [5, 5.41) is 7.58. The van der Waals surface area contributed by atoms with Gasteiger partial charge in [0.25, 0.3) is 0 Å². The number of piperidine rings is 2. The van der Waals surface area contributed by atoms with Crippen LogP contribution >= 0.6 is 23.2 Å². The molecule has 8 rings (SSSR count). The highest BCUT2D eigenvalue weighted by Gasteiger charge is 2.25. The van der Waals surface area contributed by atoms with Gasteiger partial charge in [0.05, 0.1) is 22.4 Å². The van der Waals surface area contributed by atoms with Gasteiger partial charge in [0.15, 0.2) is 0 Å². The molecule has 0 unspecified atom stereocenters. The number of rotatable bonds is 5. The third kappa shape index (κ3) is 12.0. The van der Waals surface area contributed by atoms with Crippen LogP contribution in [0.25, 0.3) is 44.3 Å². The van der Waals surface area contributed by atoms with Gasteiger partial charge >= 0.3 is 0 Å². The van der Waals surface area contributed by atoms with Crippen LogP contribution in [-0.2, 0) is 4.79 Å². The Morgan fingerprint density at radius 2 is 1.00 bits per heavy atom. The van der Waals surface area contributed by atoms with E-state index >= 15 is 0 Å². The van der Waals surface area contributed by atoms with Crippen LogP contribution in [0, 0.1) is 0 Å². The topological polar surface area (TPSA) is 87.4 Å². The lowest BCUT2D eigenvalue weighted by molar-refractivity contribution is -0.119. The van der Waals surface area contributed by atoms with Crippen LogP contribution in [0.2, 0.25) is 10.0 Å². The van der Waals surface area contributed by atoms with E-state index in [0.717, 1.165) is 88.7 Å². The Kier molecular flexibility index (Phi) is 13.6. The Bertz CT molecular complexity index is 2260. The molecule has 4 heterocycles. The fourth-order valence-electron chi connectivity index (χ4n) is 7.25. The van der Waals surface area contributed by atoms with Gasteiger partial charge in [0.1, 0.15) is 5.78 Å². The van der Waals surface area contributed by atoms with Gasteiger partial charge in [-0.15, -0.1) is 0 Å². The first-order chi connectivity index (χ1) is 27.1. The Morgan fingerprint density at radius 3 is 1.40 bits per heavy atom. The molecule has 0 aliphatic carbocycles. The van der Waals surface area contributed by atoms with Gasteiger partial charge in [0, 0.05) is 99.5 Å². The quantitative estimate of drug-likeness (QED) is 0.179. The van der Waals surface area contributed by atoms with Crippen molar-refractivity contribution < 1.29 is 4.79 Å². The second-order valence-electron chi connectivity index (χ2n) is 17.1. The van der Waals surface area contributed by atoms with Crippen molar-refractivity contribution in [3.8, 4) is 22.5 Å². The van der Waals surface area contributed by atoms with Gasteiger partial charge in [-0.05, 0) is 103 Å². The summed E-state index contributed by atoms with van der Waals surface area (Å²) < 4.78 is 0. The number of hydrogen-bond donors (Lipinski definition) is 2. The lowest BCUT2D eigenvalue weighted by Crippen LogP contribution is -2.49. The molecule has 2 fully saturated rings. The van der Waals surface area contributed by atoms with Crippen LogP contribution < -0.4 is 20.9 Å². The maximum atomic E-state index is 11.6. The molecular formula is C48H56Cl2N6O. The number of para-hydroxylation sites is 2. The summed E-state index contributed by atoms with van der Waals surface area (Å²) in [4.78, 5) is 26.1. The molecule has 0 amide bonds. The molecule has 0 spiro atoms. The van der Waals surface area contributed by atoms with E-state index in [0.29, 0.717) is 29.7 Å². The van der Waals surface area contributed by atoms with E-state index in [1.807, 2.05) is 87.5 Å². The number of benzene rings is 4. The summed E-state index contributed by atoms with van der Waals surface area (Å²) in [6, 6.07) is 37.3. The third-order valence-corrected chi connectivity index (χ3v) is 10.3. The summed E-state index contributed by atoms with van der Waals surface area (Å²) in [6.07, 6.45) is 3.55. The number of carbonyl (C=O) groups is 1. The second-order valence-corrected chi connectivity index (χ2v) is 18.0. The van der Waals surface area contributed by atoms with Crippen molar-refractivity contribution in [3.63, 3.8) is 0 Å². The number of nitrogens with two attached hydrogens (primary N) is 1. The Labute approximate surface area is 348 Å². The van der Waals surface area contributed by atoms with E-state index in [4.69, 9.17) is 38.9 Å². The number of hydrogen-bond acceptors (Lipinski definition) is 7. The Morgan fingerprint density at radius 1 is 0.614 bits per heavy atom.